The van der Waals surface area contributed by atoms with E-state index in [1.807, 2.05) is 0 Å². The summed E-state index contributed by atoms with van der Waals surface area (Å²) in [6, 6.07) is 3.43. The van der Waals surface area contributed by atoms with Crippen molar-refractivity contribution in [3.63, 3.8) is 0 Å². The van der Waals surface area contributed by atoms with Crippen molar-refractivity contribution in [1.29, 1.82) is 0 Å². The van der Waals surface area contributed by atoms with Crippen molar-refractivity contribution in [3.8, 4) is 0 Å². The second-order valence-electron chi connectivity index (χ2n) is 2.35. The molecule has 1 radical (unpaired) electrons. The Balaban J connectivity index is 3.13. The molecule has 0 bridgehead atoms. The first-order chi connectivity index (χ1) is 6.19. The number of rotatable bonds is 2. The van der Waals surface area contributed by atoms with E-state index in [1.165, 1.54) is 13.2 Å². The van der Waals surface area contributed by atoms with Crippen molar-refractivity contribution < 1.29 is 19.0 Å². The van der Waals surface area contributed by atoms with Crippen LogP contribution in [0.2, 0.25) is 0 Å². The number of carbonyl (C=O) groups is 1. The third-order valence-electron chi connectivity index (χ3n) is 1.56. The van der Waals surface area contributed by atoms with Gasteiger partial charge in [0.25, 0.3) is 0 Å². The molecule has 0 aliphatic rings. The Labute approximate surface area is 74.8 Å². The Morgan fingerprint density at radius 3 is 2.85 bits per heavy atom. The monoisotopic (exact) mass is 183 g/mol. The molecule has 4 heteroatoms. The van der Waals surface area contributed by atoms with Crippen LogP contribution in [0, 0.1) is 12.4 Å². The molecule has 69 valence electrons. The summed E-state index contributed by atoms with van der Waals surface area (Å²) < 4.78 is 17.0. The number of ether oxygens (including phenoxy) is 1. The molecule has 0 heterocycles. The normalized spacial score (nSPS) is 9.77. The second-order valence-corrected chi connectivity index (χ2v) is 2.35. The van der Waals surface area contributed by atoms with Crippen LogP contribution in [-0.2, 0) is 4.74 Å². The van der Waals surface area contributed by atoms with Crippen molar-refractivity contribution in [2.75, 3.05) is 7.11 Å². The fraction of sp³-hybridized carbons (Fsp3) is 0.111. The van der Waals surface area contributed by atoms with Gasteiger partial charge in [-0.1, -0.05) is 0 Å². The summed E-state index contributed by atoms with van der Waals surface area (Å²) in [4.78, 5) is 11.0. The molecule has 1 rings (SSSR count). The zero-order chi connectivity index (χ0) is 9.84. The zero-order valence-corrected chi connectivity index (χ0v) is 6.95. The number of hydrogen-bond acceptors (Lipinski definition) is 3. The summed E-state index contributed by atoms with van der Waals surface area (Å²) in [6.45, 7) is 0.662. The predicted octanol–water partition coefficient (Wildman–Crippen LogP) is 1.49. The van der Waals surface area contributed by atoms with E-state index in [0.29, 0.717) is 6.61 Å². The summed E-state index contributed by atoms with van der Waals surface area (Å²) in [6.07, 6.45) is 0. The molecule has 0 aromatic heterocycles. The van der Waals surface area contributed by atoms with E-state index >= 15 is 0 Å². The number of carbonyl (C=O) groups excluding carboxylic acids is 1. The van der Waals surface area contributed by atoms with Crippen LogP contribution >= 0.6 is 0 Å². The van der Waals surface area contributed by atoms with Gasteiger partial charge in [-0.3, -0.25) is 0 Å². The zero-order valence-electron chi connectivity index (χ0n) is 6.95. The minimum atomic E-state index is -0.611. The number of hydrogen-bond donors (Lipinski definition) is 1. The lowest BCUT2D eigenvalue weighted by Crippen LogP contribution is -2.05. The number of esters is 1. The van der Waals surface area contributed by atoms with Gasteiger partial charge in [-0.05, 0) is 18.2 Å². The summed E-state index contributed by atoms with van der Waals surface area (Å²) in [5.41, 5.74) is 0.234. The quantitative estimate of drug-likeness (QED) is 0.706. The third-order valence-corrected chi connectivity index (χ3v) is 1.56. The van der Waals surface area contributed by atoms with E-state index in [1.54, 1.807) is 0 Å². The van der Waals surface area contributed by atoms with Gasteiger partial charge in [0, 0.05) is 5.56 Å². The fourth-order valence-electron chi connectivity index (χ4n) is 0.936. The smallest absolute Gasteiger partial charge is 0.338 e. The van der Waals surface area contributed by atoms with Crippen LogP contribution < -0.4 is 0 Å². The van der Waals surface area contributed by atoms with Crippen LogP contribution in [0.5, 0.6) is 0 Å². The largest absolute Gasteiger partial charge is 0.465 e. The molecule has 13 heavy (non-hydrogen) atoms. The number of benzene rings is 1. The molecule has 0 unspecified atom stereocenters. The molecule has 0 amide bonds. The molecule has 0 saturated heterocycles. The Morgan fingerprint density at radius 2 is 2.31 bits per heavy atom. The van der Waals surface area contributed by atoms with Gasteiger partial charge in [0.2, 0.25) is 0 Å². The maximum absolute atomic E-state index is 12.6. The SMILES string of the molecule is COC(=O)c1ccc(F)cc1[CH]O. The molecule has 1 aromatic rings. The van der Waals surface area contributed by atoms with Gasteiger partial charge in [0.1, 0.15) is 12.4 Å². The number of aliphatic hydroxyl groups excluding tert-OH is 1. The van der Waals surface area contributed by atoms with Crippen LogP contribution in [0.4, 0.5) is 4.39 Å². The van der Waals surface area contributed by atoms with Crippen molar-refractivity contribution >= 4 is 5.97 Å². The van der Waals surface area contributed by atoms with E-state index in [0.717, 1.165) is 12.1 Å². The molecule has 0 saturated carbocycles. The fourth-order valence-corrected chi connectivity index (χ4v) is 0.936. The highest BCUT2D eigenvalue weighted by Gasteiger charge is 2.11. The van der Waals surface area contributed by atoms with E-state index < -0.39 is 11.8 Å². The van der Waals surface area contributed by atoms with Crippen LogP contribution in [0.25, 0.3) is 0 Å². The minimum absolute atomic E-state index is 0.104. The lowest BCUT2D eigenvalue weighted by Gasteiger charge is -2.03. The first-order valence-electron chi connectivity index (χ1n) is 3.54. The third kappa shape index (κ3) is 2.03. The number of halogens is 1. The van der Waals surface area contributed by atoms with Crippen LogP contribution in [-0.4, -0.2) is 18.2 Å². The summed E-state index contributed by atoms with van der Waals surface area (Å²) >= 11 is 0. The maximum Gasteiger partial charge on any atom is 0.338 e. The van der Waals surface area contributed by atoms with Crippen molar-refractivity contribution in [2.45, 2.75) is 0 Å². The van der Waals surface area contributed by atoms with Crippen LogP contribution in [0.3, 0.4) is 0 Å². The Bertz CT molecular complexity index is 323. The molecule has 0 atom stereocenters. The predicted molar refractivity (Wildman–Crippen MR) is 43.1 cm³/mol. The first kappa shape index (κ1) is 9.67. The Hall–Kier alpha value is -1.42. The molecule has 0 aliphatic heterocycles. The van der Waals surface area contributed by atoms with Gasteiger partial charge in [0.15, 0.2) is 0 Å². The van der Waals surface area contributed by atoms with Crippen molar-refractivity contribution in [1.82, 2.24) is 0 Å². The summed E-state index contributed by atoms with van der Waals surface area (Å²) in [5.74, 6) is -1.13. The van der Waals surface area contributed by atoms with Gasteiger partial charge < -0.3 is 9.84 Å². The minimum Gasteiger partial charge on any atom is -0.465 e. The highest BCUT2D eigenvalue weighted by atomic mass is 19.1. The highest BCUT2D eigenvalue weighted by Crippen LogP contribution is 2.13. The molecule has 0 fully saturated rings. The number of aliphatic hydroxyl groups is 1. The average Bonchev–Trinajstić information content (AvgIpc) is 2.16. The van der Waals surface area contributed by atoms with E-state index in [9.17, 15) is 9.18 Å². The second kappa shape index (κ2) is 4.00. The molecule has 3 nitrogen and oxygen atoms in total. The van der Waals surface area contributed by atoms with Gasteiger partial charge in [-0.2, -0.15) is 0 Å². The average molecular weight is 183 g/mol. The Kier molecular flexibility index (Phi) is 2.97. The number of methoxy groups -OCH3 is 1. The van der Waals surface area contributed by atoms with Gasteiger partial charge in [-0.25, -0.2) is 9.18 Å². The first-order valence-corrected chi connectivity index (χ1v) is 3.54. The summed E-state index contributed by atoms with van der Waals surface area (Å²) in [7, 11) is 1.22. The van der Waals surface area contributed by atoms with Gasteiger partial charge >= 0.3 is 5.97 Å². The molecule has 1 N–H and O–H groups in total. The van der Waals surface area contributed by atoms with Crippen molar-refractivity contribution in [2.24, 2.45) is 0 Å². The standard InChI is InChI=1S/C9H8FO3/c1-13-9(12)8-3-2-7(10)4-6(8)5-11/h2-5,11H,1H3. The molecule has 0 spiro atoms. The molecular formula is C9H8FO3. The van der Waals surface area contributed by atoms with Crippen LogP contribution in [0.1, 0.15) is 15.9 Å². The molecular weight excluding hydrogens is 175 g/mol. The topological polar surface area (TPSA) is 46.5 Å². The van der Waals surface area contributed by atoms with Crippen LogP contribution in [0.15, 0.2) is 18.2 Å². The highest BCUT2D eigenvalue weighted by molar-refractivity contribution is 5.91. The van der Waals surface area contributed by atoms with E-state index in [2.05, 4.69) is 4.74 Å². The lowest BCUT2D eigenvalue weighted by atomic mass is 10.1. The summed E-state index contributed by atoms with van der Waals surface area (Å²) in [5, 5.41) is 8.69. The van der Waals surface area contributed by atoms with E-state index in [4.69, 9.17) is 5.11 Å². The van der Waals surface area contributed by atoms with E-state index in [-0.39, 0.29) is 11.1 Å². The van der Waals surface area contributed by atoms with Gasteiger partial charge in [0.05, 0.1) is 12.7 Å². The lowest BCUT2D eigenvalue weighted by molar-refractivity contribution is 0.0599. The molecule has 1 aromatic carbocycles. The van der Waals surface area contributed by atoms with Crippen molar-refractivity contribution in [3.05, 3.63) is 41.8 Å². The molecule has 0 aliphatic carbocycles. The van der Waals surface area contributed by atoms with Gasteiger partial charge in [-0.15, -0.1) is 0 Å². The Morgan fingerprint density at radius 1 is 1.62 bits per heavy atom. The maximum atomic E-state index is 12.6.